The van der Waals surface area contributed by atoms with Crippen molar-refractivity contribution in [3.8, 4) is 0 Å². The molecule has 2 heterocycles. The van der Waals surface area contributed by atoms with Crippen LogP contribution in [0.2, 0.25) is 5.02 Å². The van der Waals surface area contributed by atoms with E-state index in [-0.39, 0.29) is 0 Å². The molecule has 0 spiro atoms. The van der Waals surface area contributed by atoms with Crippen LogP contribution in [0.4, 0.5) is 11.4 Å². The van der Waals surface area contributed by atoms with Gasteiger partial charge in [-0.3, -0.25) is 14.5 Å². The first kappa shape index (κ1) is 14.4. The van der Waals surface area contributed by atoms with Gasteiger partial charge in [-0.15, -0.1) is 0 Å². The van der Waals surface area contributed by atoms with Gasteiger partial charge in [0.1, 0.15) is 0 Å². The van der Waals surface area contributed by atoms with E-state index >= 15 is 0 Å². The van der Waals surface area contributed by atoms with Crippen LogP contribution >= 0.6 is 11.6 Å². The Balaban J connectivity index is 1.83. The summed E-state index contributed by atoms with van der Waals surface area (Å²) in [5.41, 5.74) is 1.82. The van der Waals surface area contributed by atoms with Crippen molar-refractivity contribution in [2.45, 2.75) is 19.9 Å². The van der Waals surface area contributed by atoms with Gasteiger partial charge in [-0.1, -0.05) is 11.6 Å². The highest BCUT2D eigenvalue weighted by Crippen LogP contribution is 2.35. The summed E-state index contributed by atoms with van der Waals surface area (Å²) in [4.78, 5) is 27.7. The van der Waals surface area contributed by atoms with Crippen LogP contribution < -0.4 is 10.2 Å². The lowest BCUT2D eigenvalue weighted by molar-refractivity contribution is -0.112. The molecule has 1 saturated heterocycles. The molecule has 3 rings (SSSR count). The molecule has 0 aliphatic carbocycles. The highest BCUT2D eigenvalue weighted by Gasteiger charge is 2.30. The maximum absolute atomic E-state index is 11.7. The predicted molar refractivity (Wildman–Crippen MR) is 83.3 cm³/mol. The van der Waals surface area contributed by atoms with E-state index in [1.54, 1.807) is 6.07 Å². The van der Waals surface area contributed by atoms with Crippen molar-refractivity contribution in [2.24, 2.45) is 0 Å². The van der Waals surface area contributed by atoms with Crippen molar-refractivity contribution in [1.29, 1.82) is 0 Å². The molecule has 6 heteroatoms. The third kappa shape index (κ3) is 2.51. The molecule has 0 radical (unpaired) electrons. The number of nitrogens with zero attached hydrogens (tertiary/aromatic N) is 2. The van der Waals surface area contributed by atoms with Crippen LogP contribution in [0.1, 0.15) is 24.2 Å². The van der Waals surface area contributed by atoms with Gasteiger partial charge in [-0.25, -0.2) is 0 Å². The van der Waals surface area contributed by atoms with Crippen LogP contribution in [0.15, 0.2) is 12.1 Å². The third-order valence-corrected chi connectivity index (χ3v) is 4.47. The fraction of sp³-hybridized carbons (Fsp3) is 0.467. The van der Waals surface area contributed by atoms with Gasteiger partial charge in [0.05, 0.1) is 22.0 Å². The minimum atomic E-state index is -0.581. The lowest BCUT2D eigenvalue weighted by Gasteiger charge is -2.38. The highest BCUT2D eigenvalue weighted by molar-refractivity contribution is 6.52. The van der Waals surface area contributed by atoms with Gasteiger partial charge >= 0.3 is 0 Å². The summed E-state index contributed by atoms with van der Waals surface area (Å²) in [5, 5.41) is 3.12. The number of Topliss-reactive ketones (excluding diaryl/α,β-unsaturated/α-hetero) is 1. The number of halogens is 1. The summed E-state index contributed by atoms with van der Waals surface area (Å²) in [6.45, 7) is 8.13. The minimum absolute atomic E-state index is 0.370. The van der Waals surface area contributed by atoms with Crippen LogP contribution in [-0.4, -0.2) is 48.8 Å². The summed E-state index contributed by atoms with van der Waals surface area (Å²) in [5.74, 6) is -1.09. The number of rotatable bonds is 2. The first-order valence-corrected chi connectivity index (χ1v) is 7.53. The Morgan fingerprint density at radius 2 is 1.81 bits per heavy atom. The van der Waals surface area contributed by atoms with Gasteiger partial charge in [0.2, 0.25) is 0 Å². The topological polar surface area (TPSA) is 52.7 Å². The molecule has 1 N–H and O–H groups in total. The zero-order chi connectivity index (χ0) is 15.1. The molecule has 1 aromatic rings. The van der Waals surface area contributed by atoms with Crippen LogP contribution in [0.25, 0.3) is 0 Å². The molecule has 1 amide bonds. The van der Waals surface area contributed by atoms with Crippen molar-refractivity contribution in [3.63, 3.8) is 0 Å². The zero-order valence-electron chi connectivity index (χ0n) is 12.1. The van der Waals surface area contributed by atoms with E-state index in [2.05, 4.69) is 29.0 Å². The molecular weight excluding hydrogens is 290 g/mol. The summed E-state index contributed by atoms with van der Waals surface area (Å²) in [7, 11) is 0. The fourth-order valence-electron chi connectivity index (χ4n) is 2.88. The second-order valence-corrected chi connectivity index (χ2v) is 6.16. The molecule has 1 aromatic carbocycles. The number of carbonyl (C=O) groups excluding carboxylic acids is 2. The van der Waals surface area contributed by atoms with Gasteiger partial charge in [-0.05, 0) is 26.0 Å². The first-order chi connectivity index (χ1) is 9.97. The van der Waals surface area contributed by atoms with Crippen LogP contribution in [-0.2, 0) is 4.79 Å². The van der Waals surface area contributed by atoms with E-state index in [4.69, 9.17) is 11.6 Å². The Bertz CT molecular complexity index is 607. The van der Waals surface area contributed by atoms with Crippen LogP contribution in [0, 0.1) is 0 Å². The fourth-order valence-corrected chi connectivity index (χ4v) is 3.16. The zero-order valence-corrected chi connectivity index (χ0v) is 12.9. The molecule has 0 atom stereocenters. The molecule has 2 aliphatic heterocycles. The van der Waals surface area contributed by atoms with Gasteiger partial charge in [0, 0.05) is 32.2 Å². The quantitative estimate of drug-likeness (QED) is 0.849. The van der Waals surface area contributed by atoms with E-state index in [1.165, 1.54) is 0 Å². The number of hydrogen-bond donors (Lipinski definition) is 1. The van der Waals surface area contributed by atoms with Crippen molar-refractivity contribution in [3.05, 3.63) is 22.7 Å². The number of nitrogens with one attached hydrogen (secondary N) is 1. The van der Waals surface area contributed by atoms with Crippen molar-refractivity contribution in [1.82, 2.24) is 4.90 Å². The number of fused-ring (bicyclic) bond motifs is 1. The summed E-state index contributed by atoms with van der Waals surface area (Å²) in [6.07, 6.45) is 0. The van der Waals surface area contributed by atoms with E-state index in [1.807, 2.05) is 6.07 Å². The summed E-state index contributed by atoms with van der Waals surface area (Å²) < 4.78 is 0. The number of hydrogen-bond acceptors (Lipinski definition) is 4. The number of ketones is 1. The second-order valence-electron chi connectivity index (χ2n) is 5.75. The van der Waals surface area contributed by atoms with Gasteiger partial charge in [-0.2, -0.15) is 0 Å². The maximum Gasteiger partial charge on any atom is 0.296 e. The Morgan fingerprint density at radius 3 is 2.43 bits per heavy atom. The van der Waals surface area contributed by atoms with E-state index in [0.717, 1.165) is 31.9 Å². The Labute approximate surface area is 128 Å². The van der Waals surface area contributed by atoms with Gasteiger partial charge in [0.15, 0.2) is 0 Å². The second kappa shape index (κ2) is 5.31. The molecule has 5 nitrogen and oxygen atoms in total. The standard InChI is InChI=1S/C15H18ClN3O2/c1-9(2)18-3-5-19(6-4-18)13-8-12-10(7-11(13)16)14(20)15(21)17-12/h7-9H,3-6H2,1-2H3,(H,17,20,21). The van der Waals surface area contributed by atoms with Crippen molar-refractivity contribution >= 4 is 34.7 Å². The molecule has 112 valence electrons. The third-order valence-electron chi connectivity index (χ3n) is 4.17. The lowest BCUT2D eigenvalue weighted by atomic mass is 10.1. The Kier molecular flexibility index (Phi) is 3.63. The maximum atomic E-state index is 11.7. The SMILES string of the molecule is CC(C)N1CCN(c2cc3c(cc2Cl)C(=O)C(=O)N3)CC1. The lowest BCUT2D eigenvalue weighted by Crippen LogP contribution is -2.49. The van der Waals surface area contributed by atoms with E-state index < -0.39 is 11.7 Å². The minimum Gasteiger partial charge on any atom is -0.368 e. The average molecular weight is 308 g/mol. The van der Waals surface area contributed by atoms with E-state index in [0.29, 0.717) is 22.3 Å². The van der Waals surface area contributed by atoms with Crippen LogP contribution in [0.5, 0.6) is 0 Å². The number of amides is 1. The normalized spacial score (nSPS) is 19.1. The summed E-state index contributed by atoms with van der Waals surface area (Å²) in [6, 6.07) is 3.95. The predicted octanol–water partition coefficient (Wildman–Crippen LogP) is 2.01. The molecule has 21 heavy (non-hydrogen) atoms. The molecule has 0 unspecified atom stereocenters. The monoisotopic (exact) mass is 307 g/mol. The molecule has 1 fully saturated rings. The Hall–Kier alpha value is -1.59. The largest absolute Gasteiger partial charge is 0.368 e. The van der Waals surface area contributed by atoms with Gasteiger partial charge < -0.3 is 10.2 Å². The van der Waals surface area contributed by atoms with Gasteiger partial charge in [0.25, 0.3) is 11.7 Å². The molecular formula is C15H18ClN3O2. The summed E-state index contributed by atoms with van der Waals surface area (Å²) >= 11 is 6.31. The number of benzene rings is 1. The van der Waals surface area contributed by atoms with E-state index in [9.17, 15) is 9.59 Å². The molecule has 0 aromatic heterocycles. The molecule has 0 bridgehead atoms. The number of anilines is 2. The highest BCUT2D eigenvalue weighted by atomic mass is 35.5. The number of carbonyl (C=O) groups is 2. The molecule has 2 aliphatic rings. The average Bonchev–Trinajstić information content (AvgIpc) is 2.73. The van der Waals surface area contributed by atoms with Crippen molar-refractivity contribution in [2.75, 3.05) is 36.4 Å². The Morgan fingerprint density at radius 1 is 1.14 bits per heavy atom. The smallest absolute Gasteiger partial charge is 0.296 e. The molecule has 0 saturated carbocycles. The van der Waals surface area contributed by atoms with Crippen molar-refractivity contribution < 1.29 is 9.59 Å². The number of piperazine rings is 1. The first-order valence-electron chi connectivity index (χ1n) is 7.15. The van der Waals surface area contributed by atoms with Crippen LogP contribution in [0.3, 0.4) is 0 Å².